The van der Waals surface area contributed by atoms with E-state index in [1.807, 2.05) is 19.1 Å². The highest BCUT2D eigenvalue weighted by Gasteiger charge is 2.37. The number of methoxy groups -OCH3 is 1. The van der Waals surface area contributed by atoms with E-state index in [1.54, 1.807) is 14.0 Å². The zero-order valence-corrected chi connectivity index (χ0v) is 17.6. The van der Waals surface area contributed by atoms with Crippen molar-refractivity contribution in [3.05, 3.63) is 59.2 Å². The van der Waals surface area contributed by atoms with E-state index in [-0.39, 0.29) is 5.41 Å². The van der Waals surface area contributed by atoms with Gasteiger partial charge >= 0.3 is 0 Å². The van der Waals surface area contributed by atoms with Crippen molar-refractivity contribution in [3.8, 4) is 5.75 Å². The third kappa shape index (κ3) is 4.79. The van der Waals surface area contributed by atoms with Crippen LogP contribution < -0.4 is 15.4 Å². The fourth-order valence-corrected chi connectivity index (χ4v) is 3.83. The van der Waals surface area contributed by atoms with Gasteiger partial charge in [0.2, 0.25) is 5.91 Å². The molecule has 1 amide bonds. The second kappa shape index (κ2) is 9.53. The van der Waals surface area contributed by atoms with Crippen LogP contribution in [0.2, 0.25) is 0 Å². The van der Waals surface area contributed by atoms with Crippen molar-refractivity contribution >= 4 is 11.6 Å². The van der Waals surface area contributed by atoms with Gasteiger partial charge in [-0.2, -0.15) is 0 Å². The van der Waals surface area contributed by atoms with Crippen LogP contribution in [0, 0.1) is 18.6 Å². The number of amides is 1. The van der Waals surface area contributed by atoms with Crippen molar-refractivity contribution in [2.75, 3.05) is 32.2 Å². The van der Waals surface area contributed by atoms with Gasteiger partial charge in [0, 0.05) is 30.7 Å². The van der Waals surface area contributed by atoms with Crippen molar-refractivity contribution in [1.29, 1.82) is 0 Å². The molecule has 5 nitrogen and oxygen atoms in total. The molecule has 1 fully saturated rings. The van der Waals surface area contributed by atoms with Gasteiger partial charge in [-0.05, 0) is 44.9 Å². The number of carbonyl (C=O) groups is 1. The number of hydrogen-bond donors (Lipinski definition) is 2. The summed E-state index contributed by atoms with van der Waals surface area (Å²) in [4.78, 5) is 12.6. The summed E-state index contributed by atoms with van der Waals surface area (Å²) in [7, 11) is 1.65. The predicted molar refractivity (Wildman–Crippen MR) is 112 cm³/mol. The lowest BCUT2D eigenvalue weighted by molar-refractivity contribution is -0.117. The standard InChI is InChI=1S/C23H28F2N2O3/c1-15-7-8-20(29-3)17(13-15)23(9-11-30-12-10-23)14-26-16(2)22(28)27-21-18(24)5-4-6-19(21)25/h4-8,13,16,26H,9-12,14H2,1-3H3,(H,27,28). The lowest BCUT2D eigenvalue weighted by Gasteiger charge is -2.39. The Morgan fingerprint density at radius 3 is 2.50 bits per heavy atom. The van der Waals surface area contributed by atoms with Gasteiger partial charge in [0.25, 0.3) is 0 Å². The molecule has 0 bridgehead atoms. The maximum absolute atomic E-state index is 13.9. The lowest BCUT2D eigenvalue weighted by Crippen LogP contribution is -2.48. The molecule has 1 unspecified atom stereocenters. The van der Waals surface area contributed by atoms with E-state index in [2.05, 4.69) is 16.7 Å². The average molecular weight is 418 g/mol. The summed E-state index contributed by atoms with van der Waals surface area (Å²) < 4.78 is 38.9. The van der Waals surface area contributed by atoms with Crippen LogP contribution in [0.15, 0.2) is 36.4 Å². The van der Waals surface area contributed by atoms with Crippen LogP contribution in [0.1, 0.15) is 30.9 Å². The molecule has 162 valence electrons. The first-order chi connectivity index (χ1) is 14.4. The summed E-state index contributed by atoms with van der Waals surface area (Å²) in [6, 6.07) is 8.90. The Bertz CT molecular complexity index is 878. The first kappa shape index (κ1) is 22.2. The van der Waals surface area contributed by atoms with Crippen LogP contribution >= 0.6 is 0 Å². The summed E-state index contributed by atoms with van der Waals surface area (Å²) in [5.41, 5.74) is 1.50. The maximum atomic E-state index is 13.9. The Kier molecular flexibility index (Phi) is 7.05. The van der Waals surface area contributed by atoms with E-state index >= 15 is 0 Å². The monoisotopic (exact) mass is 418 g/mol. The van der Waals surface area contributed by atoms with E-state index in [0.717, 1.165) is 41.9 Å². The number of benzene rings is 2. The highest BCUT2D eigenvalue weighted by Crippen LogP contribution is 2.40. The molecule has 1 atom stereocenters. The Labute approximate surface area is 175 Å². The number of rotatable bonds is 7. The molecule has 1 aliphatic heterocycles. The van der Waals surface area contributed by atoms with E-state index in [4.69, 9.17) is 9.47 Å². The number of aryl methyl sites for hydroxylation is 1. The van der Waals surface area contributed by atoms with Crippen LogP contribution in [0.25, 0.3) is 0 Å². The van der Waals surface area contributed by atoms with Gasteiger partial charge in [0.1, 0.15) is 23.1 Å². The zero-order chi connectivity index (χ0) is 21.7. The molecule has 0 radical (unpaired) electrons. The summed E-state index contributed by atoms with van der Waals surface area (Å²) >= 11 is 0. The first-order valence-electron chi connectivity index (χ1n) is 10.1. The van der Waals surface area contributed by atoms with Gasteiger partial charge in [-0.1, -0.05) is 23.8 Å². The van der Waals surface area contributed by atoms with Crippen molar-refractivity contribution in [2.45, 2.75) is 38.1 Å². The van der Waals surface area contributed by atoms with E-state index in [1.165, 1.54) is 6.07 Å². The molecular weight excluding hydrogens is 390 g/mol. The molecular formula is C23H28F2N2O3. The molecule has 0 aliphatic carbocycles. The van der Waals surface area contributed by atoms with Crippen LogP contribution in [-0.2, 0) is 14.9 Å². The molecule has 3 rings (SSSR count). The number of anilines is 1. The van der Waals surface area contributed by atoms with Gasteiger partial charge in [-0.3, -0.25) is 4.79 Å². The number of carbonyl (C=O) groups excluding carboxylic acids is 1. The summed E-state index contributed by atoms with van der Waals surface area (Å²) in [5.74, 6) is -1.31. The zero-order valence-electron chi connectivity index (χ0n) is 17.6. The Balaban J connectivity index is 1.76. The number of nitrogens with one attached hydrogen (secondary N) is 2. The highest BCUT2D eigenvalue weighted by atomic mass is 19.1. The second-order valence-electron chi connectivity index (χ2n) is 7.78. The quantitative estimate of drug-likeness (QED) is 0.715. The summed E-state index contributed by atoms with van der Waals surface area (Å²) in [5, 5.41) is 5.60. The lowest BCUT2D eigenvalue weighted by atomic mass is 9.73. The minimum Gasteiger partial charge on any atom is -0.496 e. The third-order valence-corrected chi connectivity index (χ3v) is 5.73. The summed E-state index contributed by atoms with van der Waals surface area (Å²) in [6.07, 6.45) is 1.55. The Hall–Kier alpha value is -2.51. The molecule has 0 spiro atoms. The van der Waals surface area contributed by atoms with Gasteiger partial charge < -0.3 is 20.1 Å². The summed E-state index contributed by atoms with van der Waals surface area (Å²) in [6.45, 7) is 5.43. The normalized spacial score (nSPS) is 16.7. The predicted octanol–water partition coefficient (Wildman–Crippen LogP) is 3.95. The second-order valence-corrected chi connectivity index (χ2v) is 7.78. The highest BCUT2D eigenvalue weighted by molar-refractivity contribution is 5.94. The van der Waals surface area contributed by atoms with Crippen LogP contribution in [0.3, 0.4) is 0 Å². The topological polar surface area (TPSA) is 59.6 Å². The maximum Gasteiger partial charge on any atom is 0.241 e. The Morgan fingerprint density at radius 2 is 1.87 bits per heavy atom. The molecule has 1 heterocycles. The van der Waals surface area contributed by atoms with Crippen molar-refractivity contribution < 1.29 is 23.0 Å². The minimum absolute atomic E-state index is 0.270. The number of para-hydroxylation sites is 1. The number of hydrogen-bond acceptors (Lipinski definition) is 4. The molecule has 0 saturated carbocycles. The first-order valence-corrected chi connectivity index (χ1v) is 10.1. The molecule has 0 aromatic heterocycles. The number of ether oxygens (including phenoxy) is 2. The molecule has 30 heavy (non-hydrogen) atoms. The van der Waals surface area contributed by atoms with Gasteiger partial charge in [-0.15, -0.1) is 0 Å². The van der Waals surface area contributed by atoms with Crippen molar-refractivity contribution in [1.82, 2.24) is 5.32 Å². The number of halogens is 2. The fourth-order valence-electron chi connectivity index (χ4n) is 3.83. The van der Waals surface area contributed by atoms with Crippen LogP contribution in [0.5, 0.6) is 5.75 Å². The largest absolute Gasteiger partial charge is 0.496 e. The molecule has 2 aromatic carbocycles. The Morgan fingerprint density at radius 1 is 1.20 bits per heavy atom. The van der Waals surface area contributed by atoms with E-state index in [0.29, 0.717) is 19.8 Å². The minimum atomic E-state index is -0.805. The third-order valence-electron chi connectivity index (χ3n) is 5.73. The van der Waals surface area contributed by atoms with Crippen LogP contribution in [-0.4, -0.2) is 38.8 Å². The van der Waals surface area contributed by atoms with Gasteiger partial charge in [0.15, 0.2) is 0 Å². The molecule has 1 saturated heterocycles. The van der Waals surface area contributed by atoms with Gasteiger partial charge in [0.05, 0.1) is 13.2 Å². The molecule has 2 aromatic rings. The van der Waals surface area contributed by atoms with Crippen molar-refractivity contribution in [3.63, 3.8) is 0 Å². The van der Waals surface area contributed by atoms with Crippen LogP contribution in [0.4, 0.5) is 14.5 Å². The smallest absolute Gasteiger partial charge is 0.241 e. The molecule has 1 aliphatic rings. The average Bonchev–Trinajstić information content (AvgIpc) is 2.75. The molecule has 2 N–H and O–H groups in total. The molecule has 7 heteroatoms. The SMILES string of the molecule is COc1ccc(C)cc1C1(CNC(C)C(=O)Nc2c(F)cccc2F)CCOCC1. The van der Waals surface area contributed by atoms with E-state index < -0.39 is 29.3 Å². The fraction of sp³-hybridized carbons (Fsp3) is 0.435. The van der Waals surface area contributed by atoms with Crippen molar-refractivity contribution in [2.24, 2.45) is 0 Å². The van der Waals surface area contributed by atoms with E-state index in [9.17, 15) is 13.6 Å². The van der Waals surface area contributed by atoms with Gasteiger partial charge in [-0.25, -0.2) is 8.78 Å².